The average Bonchev–Trinajstić information content (AvgIpc) is 2.96. The fourth-order valence-corrected chi connectivity index (χ4v) is 5.62. The van der Waals surface area contributed by atoms with E-state index < -0.39 is 12.2 Å². The largest absolute Gasteiger partial charge is 0.388 e. The first-order valence-electron chi connectivity index (χ1n) is 16.2. The van der Waals surface area contributed by atoms with E-state index in [1.807, 2.05) is 74.6 Å². The minimum atomic E-state index is -0.907. The number of aliphatic hydroxyl groups excluding tert-OH is 2. The predicted octanol–water partition coefficient (Wildman–Crippen LogP) is 9.17. The van der Waals surface area contributed by atoms with Crippen LogP contribution in [0.4, 0.5) is 0 Å². The van der Waals surface area contributed by atoms with Gasteiger partial charge in [-0.25, -0.2) is 0 Å². The molecule has 2 unspecified atom stereocenters. The number of allylic oxidation sites excluding steroid dienone is 20. The Morgan fingerprint density at radius 2 is 0.872 bits per heavy atom. The molecule has 0 amide bonds. The number of carbonyl (C=O) groups excluding carboxylic acids is 2. The molecule has 0 heterocycles. The lowest BCUT2D eigenvalue weighted by atomic mass is 9.71. The Hall–Kier alpha value is -3.64. The zero-order valence-electron chi connectivity index (χ0n) is 30.8. The Bertz CT molecular complexity index is 1360. The predicted molar refractivity (Wildman–Crippen MR) is 198 cm³/mol. The molecule has 0 aromatic heterocycles. The van der Waals surface area contributed by atoms with Crippen LogP contribution < -0.4 is 0 Å². The monoisotopic (exact) mass is 642 g/mol. The van der Waals surface area contributed by atoms with Gasteiger partial charge in [0.05, 0.1) is 0 Å². The van der Waals surface area contributed by atoms with Crippen molar-refractivity contribution in [2.45, 2.75) is 94.3 Å². The minimum Gasteiger partial charge on any atom is -0.388 e. The SMILES string of the molecule is CC1=C(/C=C/C(C)=C/C=C/C(C)=C/C=C/C=C(C)/C=C/C=C(C)/C=C/C2=C(C)C(=O)C(O)CC2(C)C)C(C)(C)CC(O)C1=O.COC. The summed E-state index contributed by atoms with van der Waals surface area (Å²) in [5.41, 5.74) is 7.16. The van der Waals surface area contributed by atoms with E-state index in [0.717, 1.165) is 33.4 Å². The third-order valence-corrected chi connectivity index (χ3v) is 8.31. The maximum Gasteiger partial charge on any atom is 0.187 e. The summed E-state index contributed by atoms with van der Waals surface area (Å²) in [5, 5.41) is 20.0. The highest BCUT2D eigenvalue weighted by molar-refractivity contribution is 6.01. The van der Waals surface area contributed by atoms with Crippen LogP contribution in [-0.2, 0) is 14.3 Å². The quantitative estimate of drug-likeness (QED) is 0.232. The van der Waals surface area contributed by atoms with Crippen LogP contribution in [0.3, 0.4) is 0 Å². The van der Waals surface area contributed by atoms with E-state index in [9.17, 15) is 19.8 Å². The second-order valence-corrected chi connectivity index (χ2v) is 13.8. The minimum absolute atomic E-state index is 0.175. The van der Waals surface area contributed by atoms with Gasteiger partial charge in [0.25, 0.3) is 0 Å². The van der Waals surface area contributed by atoms with Gasteiger partial charge in [-0.15, -0.1) is 0 Å². The summed E-state index contributed by atoms with van der Waals surface area (Å²) in [6.07, 6.45) is 27.5. The van der Waals surface area contributed by atoms with Crippen molar-refractivity contribution in [3.8, 4) is 0 Å². The third-order valence-electron chi connectivity index (χ3n) is 8.31. The molecule has 2 rings (SSSR count). The molecule has 5 nitrogen and oxygen atoms in total. The Balaban J connectivity index is 0.00000354. The van der Waals surface area contributed by atoms with Gasteiger partial charge in [0.1, 0.15) is 12.2 Å². The zero-order chi connectivity index (χ0) is 35.9. The van der Waals surface area contributed by atoms with Gasteiger partial charge in [0, 0.05) is 14.2 Å². The number of ether oxygens (including phenoxy) is 1. The van der Waals surface area contributed by atoms with E-state index in [1.165, 1.54) is 0 Å². The van der Waals surface area contributed by atoms with E-state index in [1.54, 1.807) is 28.1 Å². The second kappa shape index (κ2) is 19.2. The van der Waals surface area contributed by atoms with Crippen LogP contribution in [0.5, 0.6) is 0 Å². The summed E-state index contributed by atoms with van der Waals surface area (Å²) in [6.45, 7) is 20.0. The zero-order valence-corrected chi connectivity index (χ0v) is 30.8. The van der Waals surface area contributed by atoms with Crippen molar-refractivity contribution in [3.05, 3.63) is 130 Å². The van der Waals surface area contributed by atoms with Crippen molar-refractivity contribution in [1.29, 1.82) is 0 Å². The summed E-state index contributed by atoms with van der Waals surface area (Å²) < 4.78 is 4.25. The normalized spacial score (nSPS) is 23.4. The highest BCUT2D eigenvalue weighted by Gasteiger charge is 2.37. The molecule has 5 heteroatoms. The first kappa shape index (κ1) is 41.4. The number of hydrogen-bond donors (Lipinski definition) is 2. The van der Waals surface area contributed by atoms with Crippen molar-refractivity contribution in [2.24, 2.45) is 10.8 Å². The number of methoxy groups -OCH3 is 1. The maximum absolute atomic E-state index is 12.2. The molecule has 0 saturated heterocycles. The molecule has 0 radical (unpaired) electrons. The van der Waals surface area contributed by atoms with Gasteiger partial charge in [0.15, 0.2) is 11.6 Å². The molecule has 0 aromatic carbocycles. The molecule has 2 N–H and O–H groups in total. The number of rotatable bonds is 10. The highest BCUT2D eigenvalue weighted by Crippen LogP contribution is 2.40. The fraction of sp³-hybridized carbons (Fsp3) is 0.429. The molecular formula is C42H58O5. The van der Waals surface area contributed by atoms with Crippen LogP contribution in [0.25, 0.3) is 0 Å². The van der Waals surface area contributed by atoms with Crippen LogP contribution in [0, 0.1) is 10.8 Å². The Morgan fingerprint density at radius 1 is 0.596 bits per heavy atom. The lowest BCUT2D eigenvalue weighted by Gasteiger charge is -2.34. The molecular weight excluding hydrogens is 584 g/mol. The van der Waals surface area contributed by atoms with E-state index in [4.69, 9.17) is 0 Å². The number of aliphatic hydroxyl groups is 2. The average molecular weight is 643 g/mol. The molecule has 2 atom stereocenters. The van der Waals surface area contributed by atoms with Gasteiger partial charge in [0.2, 0.25) is 0 Å². The van der Waals surface area contributed by atoms with Crippen LogP contribution in [0.2, 0.25) is 0 Å². The van der Waals surface area contributed by atoms with Crippen molar-refractivity contribution in [1.82, 2.24) is 0 Å². The first-order valence-corrected chi connectivity index (χ1v) is 16.2. The van der Waals surface area contributed by atoms with Crippen LogP contribution in [0.1, 0.15) is 82.1 Å². The Kier molecular flexibility index (Phi) is 16.9. The van der Waals surface area contributed by atoms with Crippen molar-refractivity contribution in [2.75, 3.05) is 14.2 Å². The molecule has 0 saturated carbocycles. The molecule has 2 aliphatic rings. The molecule has 47 heavy (non-hydrogen) atoms. The second-order valence-electron chi connectivity index (χ2n) is 13.8. The van der Waals surface area contributed by atoms with Gasteiger partial charge in [-0.05, 0) is 87.5 Å². The van der Waals surface area contributed by atoms with Gasteiger partial charge >= 0.3 is 0 Å². The van der Waals surface area contributed by atoms with Crippen molar-refractivity contribution in [3.63, 3.8) is 0 Å². The molecule has 0 fully saturated rings. The van der Waals surface area contributed by atoms with Crippen LogP contribution >= 0.6 is 0 Å². The van der Waals surface area contributed by atoms with Crippen molar-refractivity contribution >= 4 is 11.6 Å². The summed E-state index contributed by atoms with van der Waals surface area (Å²) in [4.78, 5) is 24.5. The lowest BCUT2D eigenvalue weighted by Crippen LogP contribution is -2.35. The number of carbonyl (C=O) groups is 2. The lowest BCUT2D eigenvalue weighted by molar-refractivity contribution is -0.126. The topological polar surface area (TPSA) is 83.8 Å². The molecule has 256 valence electrons. The van der Waals surface area contributed by atoms with Gasteiger partial charge in [-0.2, -0.15) is 0 Å². The first-order chi connectivity index (χ1) is 21.9. The molecule has 0 spiro atoms. The fourth-order valence-electron chi connectivity index (χ4n) is 5.62. The number of hydrogen-bond acceptors (Lipinski definition) is 5. The smallest absolute Gasteiger partial charge is 0.187 e. The van der Waals surface area contributed by atoms with Crippen LogP contribution in [-0.4, -0.2) is 48.2 Å². The van der Waals surface area contributed by atoms with E-state index in [0.29, 0.717) is 24.0 Å². The number of Topliss-reactive ketones (excluding diaryl/α,β-unsaturated/α-hetero) is 2. The summed E-state index contributed by atoms with van der Waals surface area (Å²) >= 11 is 0. The highest BCUT2D eigenvalue weighted by atomic mass is 16.4. The maximum atomic E-state index is 12.2. The van der Waals surface area contributed by atoms with Crippen molar-refractivity contribution < 1.29 is 24.5 Å². The summed E-state index contributed by atoms with van der Waals surface area (Å²) in [6, 6.07) is 0. The summed E-state index contributed by atoms with van der Waals surface area (Å²) in [5.74, 6) is -0.350. The van der Waals surface area contributed by atoms with E-state index >= 15 is 0 Å². The molecule has 2 aliphatic carbocycles. The standard InChI is InChI=1S/C40H52O4.C2H6O/c1-27(17-13-19-29(3)21-23-33-31(5)37(43)35(41)25-39(33,7)8)15-11-12-16-28(2)18-14-20-30(4)22-24-34-32(6)38(44)36(42)26-40(34,9)10;1-3-2/h11-24,35-36,41-42H,25-26H2,1-10H3;1-2H3/b12-11+,17-13+,18-14+,23-21+,24-22+,27-15+,28-16+,29-19+,30-20+;. The number of ketones is 2. The molecule has 0 aromatic rings. The third kappa shape index (κ3) is 13.6. The van der Waals surface area contributed by atoms with Gasteiger partial charge in [-0.3, -0.25) is 9.59 Å². The Morgan fingerprint density at radius 3 is 1.19 bits per heavy atom. The Labute approximate surface area is 284 Å². The van der Waals surface area contributed by atoms with Gasteiger partial charge < -0.3 is 14.9 Å². The molecule has 0 bridgehead atoms. The molecule has 0 aliphatic heterocycles. The van der Waals surface area contributed by atoms with Gasteiger partial charge in [-0.1, -0.05) is 135 Å². The van der Waals surface area contributed by atoms with E-state index in [-0.39, 0.29) is 22.4 Å². The summed E-state index contributed by atoms with van der Waals surface area (Å²) in [7, 11) is 3.25. The van der Waals surface area contributed by atoms with Crippen LogP contribution in [0.15, 0.2) is 130 Å². The van der Waals surface area contributed by atoms with E-state index in [2.05, 4.69) is 70.6 Å².